The number of benzene rings is 8. The van der Waals surface area contributed by atoms with Gasteiger partial charge in [0.1, 0.15) is 11.2 Å². The Balaban J connectivity index is 0.000000146. The third kappa shape index (κ3) is 6.79. The van der Waals surface area contributed by atoms with Crippen molar-refractivity contribution in [2.24, 2.45) is 0 Å². The molecule has 0 aliphatic rings. The molecule has 0 saturated carbocycles. The molecule has 8 aromatic carbocycles. The fourth-order valence-corrected chi connectivity index (χ4v) is 6.91. The van der Waals surface area contributed by atoms with E-state index in [1.165, 1.54) is 0 Å². The lowest BCUT2D eigenvalue weighted by atomic mass is 10.0. The molecule has 6 heteroatoms. The minimum atomic E-state index is -0.139. The first-order valence-corrected chi connectivity index (χ1v) is 18.3. The van der Waals surface area contributed by atoms with Crippen LogP contribution in [0, 0.1) is 0 Å². The van der Waals surface area contributed by atoms with Crippen LogP contribution in [-0.2, 0) is 0 Å². The summed E-state index contributed by atoms with van der Waals surface area (Å²) >= 11 is 0. The highest BCUT2D eigenvalue weighted by atomic mass is 16.3. The summed E-state index contributed by atoms with van der Waals surface area (Å²) in [6.45, 7) is 0. The molecule has 2 aromatic heterocycles. The molecule has 268 valence electrons. The highest BCUT2D eigenvalue weighted by Crippen LogP contribution is 2.36. The molecule has 2 heterocycles. The molecule has 10 rings (SSSR count). The van der Waals surface area contributed by atoms with E-state index in [2.05, 4.69) is 10.6 Å². The van der Waals surface area contributed by atoms with Crippen LogP contribution < -0.4 is 10.6 Å². The van der Waals surface area contributed by atoms with Crippen LogP contribution in [0.1, 0.15) is 32.2 Å². The number of fused-ring (bicyclic) bond motifs is 4. The fourth-order valence-electron chi connectivity index (χ4n) is 6.91. The SMILES string of the molecule is O=C(c1ccc2ccccc2c1)c1oc2ccccc2c1Nc1ccccc1.O=C(c1ccc2ccccc2c1)c1oc2ccccc2c1Nc1ccccc1. The fraction of sp³-hybridized carbons (Fsp3) is 0. The number of anilines is 4. The molecule has 2 N–H and O–H groups in total. The number of rotatable bonds is 8. The van der Waals surface area contributed by atoms with Gasteiger partial charge in [-0.15, -0.1) is 0 Å². The number of ketones is 2. The van der Waals surface area contributed by atoms with Crippen LogP contribution >= 0.6 is 0 Å². The summed E-state index contributed by atoms with van der Waals surface area (Å²) in [6, 6.07) is 62.4. The van der Waals surface area contributed by atoms with Gasteiger partial charge >= 0.3 is 0 Å². The van der Waals surface area contributed by atoms with Crippen LogP contribution in [0.2, 0.25) is 0 Å². The Morgan fingerprint density at radius 3 is 1.14 bits per heavy atom. The minimum absolute atomic E-state index is 0.139. The Morgan fingerprint density at radius 1 is 0.357 bits per heavy atom. The molecule has 0 aliphatic heterocycles. The second-order valence-corrected chi connectivity index (χ2v) is 13.4. The number of carbonyl (C=O) groups excluding carboxylic acids is 2. The molecule has 0 unspecified atom stereocenters. The van der Waals surface area contributed by atoms with Crippen LogP contribution in [0.4, 0.5) is 22.7 Å². The number of nitrogens with one attached hydrogen (secondary N) is 2. The highest BCUT2D eigenvalue weighted by molar-refractivity contribution is 6.17. The average Bonchev–Trinajstić information content (AvgIpc) is 3.82. The molecule has 6 nitrogen and oxygen atoms in total. The van der Waals surface area contributed by atoms with Crippen LogP contribution in [-0.4, -0.2) is 11.6 Å². The van der Waals surface area contributed by atoms with Gasteiger partial charge in [0, 0.05) is 33.3 Å². The molecule has 10 aromatic rings. The molecular formula is C50H34N2O4. The van der Waals surface area contributed by atoms with Gasteiger partial charge in [0.25, 0.3) is 0 Å². The maximum atomic E-state index is 13.3. The van der Waals surface area contributed by atoms with Gasteiger partial charge in [0.2, 0.25) is 11.6 Å². The monoisotopic (exact) mass is 726 g/mol. The molecule has 0 amide bonds. The number of furan rings is 2. The predicted octanol–water partition coefficient (Wildman–Crippen LogP) is 13.1. The lowest BCUT2D eigenvalue weighted by Gasteiger charge is -2.07. The van der Waals surface area contributed by atoms with E-state index in [1.54, 1.807) is 0 Å². The molecule has 0 aliphatic carbocycles. The minimum Gasteiger partial charge on any atom is -0.450 e. The van der Waals surface area contributed by atoms with E-state index in [9.17, 15) is 9.59 Å². The van der Waals surface area contributed by atoms with Gasteiger partial charge in [0.05, 0.1) is 11.4 Å². The first kappa shape index (κ1) is 34.1. The molecule has 0 atom stereocenters. The summed E-state index contributed by atoms with van der Waals surface area (Å²) in [4.78, 5) is 26.7. The third-order valence-corrected chi connectivity index (χ3v) is 9.71. The maximum absolute atomic E-state index is 13.3. The van der Waals surface area contributed by atoms with Crippen molar-refractivity contribution < 1.29 is 18.4 Å². The van der Waals surface area contributed by atoms with Crippen LogP contribution in [0.3, 0.4) is 0 Å². The van der Waals surface area contributed by atoms with Crippen LogP contribution in [0.25, 0.3) is 43.5 Å². The van der Waals surface area contributed by atoms with E-state index < -0.39 is 0 Å². The third-order valence-electron chi connectivity index (χ3n) is 9.71. The smallest absolute Gasteiger partial charge is 0.230 e. The molecule has 0 fully saturated rings. The molecule has 56 heavy (non-hydrogen) atoms. The first-order valence-electron chi connectivity index (χ1n) is 18.3. The van der Waals surface area contributed by atoms with E-state index in [1.807, 2.05) is 194 Å². The quantitative estimate of drug-likeness (QED) is 0.152. The van der Waals surface area contributed by atoms with E-state index >= 15 is 0 Å². The van der Waals surface area contributed by atoms with Gasteiger partial charge in [0.15, 0.2) is 11.5 Å². The number of hydrogen-bond donors (Lipinski definition) is 2. The van der Waals surface area contributed by atoms with Gasteiger partial charge in [-0.25, -0.2) is 0 Å². The Morgan fingerprint density at radius 2 is 0.714 bits per heavy atom. The molecule has 0 saturated heterocycles. The second-order valence-electron chi connectivity index (χ2n) is 13.4. The van der Waals surface area contributed by atoms with Crippen molar-refractivity contribution in [3.8, 4) is 0 Å². The summed E-state index contributed by atoms with van der Waals surface area (Å²) in [5, 5.41) is 12.8. The van der Waals surface area contributed by atoms with Crippen molar-refractivity contribution in [3.63, 3.8) is 0 Å². The van der Waals surface area contributed by atoms with Crippen molar-refractivity contribution in [3.05, 3.63) is 217 Å². The first-order chi connectivity index (χ1) is 27.6. The zero-order chi connectivity index (χ0) is 37.8. The Labute approximate surface area is 322 Å². The van der Waals surface area contributed by atoms with Crippen LogP contribution in [0.5, 0.6) is 0 Å². The summed E-state index contributed by atoms with van der Waals surface area (Å²) in [5.74, 6) is 0.362. The van der Waals surface area contributed by atoms with Crippen molar-refractivity contribution in [2.75, 3.05) is 10.6 Å². The summed E-state index contributed by atoms with van der Waals surface area (Å²) in [7, 11) is 0. The van der Waals surface area contributed by atoms with Gasteiger partial charge in [-0.05, 0) is 82.2 Å². The maximum Gasteiger partial charge on any atom is 0.230 e. The van der Waals surface area contributed by atoms with Gasteiger partial charge < -0.3 is 19.5 Å². The highest BCUT2D eigenvalue weighted by Gasteiger charge is 2.24. The van der Waals surface area contributed by atoms with Gasteiger partial charge in [-0.1, -0.05) is 133 Å². The van der Waals surface area contributed by atoms with Crippen molar-refractivity contribution >= 4 is 77.8 Å². The molecular weight excluding hydrogens is 693 g/mol. The van der Waals surface area contributed by atoms with E-state index in [0.29, 0.717) is 45.2 Å². The van der Waals surface area contributed by atoms with Crippen molar-refractivity contribution in [2.45, 2.75) is 0 Å². The van der Waals surface area contributed by atoms with E-state index in [0.717, 1.165) is 43.7 Å². The standard InChI is InChI=1S/2C25H17NO2/c2*27-24(19-15-14-17-8-4-5-9-18(17)16-19)25-23(26-20-10-2-1-3-11-20)21-12-6-7-13-22(21)28-25/h2*1-16,26H. The Hall–Kier alpha value is -7.70. The number of carbonyl (C=O) groups is 2. The van der Waals surface area contributed by atoms with Gasteiger partial charge in [-0.2, -0.15) is 0 Å². The van der Waals surface area contributed by atoms with Crippen molar-refractivity contribution in [1.29, 1.82) is 0 Å². The lowest BCUT2D eigenvalue weighted by Crippen LogP contribution is -2.03. The Bertz CT molecular complexity index is 2810. The van der Waals surface area contributed by atoms with E-state index in [-0.39, 0.29) is 11.6 Å². The second kappa shape index (κ2) is 15.0. The topological polar surface area (TPSA) is 84.5 Å². The molecule has 0 bridgehead atoms. The zero-order valence-corrected chi connectivity index (χ0v) is 30.1. The Kier molecular flexibility index (Phi) is 9.11. The lowest BCUT2D eigenvalue weighted by molar-refractivity contribution is 0.100. The van der Waals surface area contributed by atoms with Gasteiger partial charge in [-0.3, -0.25) is 9.59 Å². The molecule has 0 spiro atoms. The molecule has 0 radical (unpaired) electrons. The summed E-state index contributed by atoms with van der Waals surface area (Å²) in [6.07, 6.45) is 0. The number of hydrogen-bond acceptors (Lipinski definition) is 6. The number of para-hydroxylation sites is 4. The average molecular weight is 727 g/mol. The van der Waals surface area contributed by atoms with Crippen molar-refractivity contribution in [1.82, 2.24) is 0 Å². The predicted molar refractivity (Wildman–Crippen MR) is 227 cm³/mol. The van der Waals surface area contributed by atoms with Crippen LogP contribution in [0.15, 0.2) is 203 Å². The summed E-state index contributed by atoms with van der Waals surface area (Å²) < 4.78 is 12.0. The van der Waals surface area contributed by atoms with E-state index in [4.69, 9.17) is 8.83 Å². The summed E-state index contributed by atoms with van der Waals surface area (Å²) in [5.41, 5.74) is 5.78. The zero-order valence-electron chi connectivity index (χ0n) is 30.1. The largest absolute Gasteiger partial charge is 0.450 e. The normalized spacial score (nSPS) is 11.0.